The van der Waals surface area contributed by atoms with Crippen molar-refractivity contribution in [3.63, 3.8) is 0 Å². The van der Waals surface area contributed by atoms with Crippen molar-refractivity contribution in [1.29, 1.82) is 0 Å². The minimum Gasteiger partial charge on any atom is -0.489 e. The van der Waals surface area contributed by atoms with Crippen molar-refractivity contribution in [2.75, 3.05) is 7.05 Å². The van der Waals surface area contributed by atoms with Crippen LogP contribution in [0, 0.1) is 6.92 Å². The lowest BCUT2D eigenvalue weighted by Crippen LogP contribution is -2.52. The van der Waals surface area contributed by atoms with E-state index in [1.807, 2.05) is 37.3 Å². The molecule has 0 radical (unpaired) electrons. The Labute approximate surface area is 157 Å². The van der Waals surface area contributed by atoms with Gasteiger partial charge in [0, 0.05) is 7.05 Å². The normalized spacial score (nSPS) is 16.0. The first-order valence-electron chi connectivity index (χ1n) is 8.07. The molecule has 1 fully saturated rings. The molecule has 1 saturated heterocycles. The Morgan fingerprint density at radius 3 is 2.58 bits per heavy atom. The molecule has 26 heavy (non-hydrogen) atoms. The quantitative estimate of drug-likeness (QED) is 0.514. The SMILES string of the molecule is Cc1cccc(COc2ccc(/C=C3\C(=O)NC(=S)N(C)C3=O)cc2)c1. The minimum atomic E-state index is -0.488. The Bertz CT molecular complexity index is 904. The van der Waals surface area contributed by atoms with Crippen molar-refractivity contribution in [2.24, 2.45) is 0 Å². The zero-order valence-electron chi connectivity index (χ0n) is 14.5. The van der Waals surface area contributed by atoms with Crippen LogP contribution in [0.2, 0.25) is 0 Å². The average molecular weight is 366 g/mol. The van der Waals surface area contributed by atoms with Crippen LogP contribution in [0.3, 0.4) is 0 Å². The van der Waals surface area contributed by atoms with Gasteiger partial charge in [-0.15, -0.1) is 0 Å². The molecule has 2 aromatic carbocycles. The van der Waals surface area contributed by atoms with Gasteiger partial charge in [-0.2, -0.15) is 0 Å². The maximum Gasteiger partial charge on any atom is 0.265 e. The van der Waals surface area contributed by atoms with Crippen LogP contribution < -0.4 is 10.1 Å². The summed E-state index contributed by atoms with van der Waals surface area (Å²) in [5.74, 6) is -0.192. The third-order valence-electron chi connectivity index (χ3n) is 3.98. The van der Waals surface area contributed by atoms with E-state index in [9.17, 15) is 9.59 Å². The van der Waals surface area contributed by atoms with Gasteiger partial charge in [0.25, 0.3) is 11.8 Å². The lowest BCUT2D eigenvalue weighted by molar-refractivity contribution is -0.128. The highest BCUT2D eigenvalue weighted by Gasteiger charge is 2.30. The van der Waals surface area contributed by atoms with Crippen LogP contribution in [0.25, 0.3) is 6.08 Å². The second-order valence-electron chi connectivity index (χ2n) is 6.03. The Hall–Kier alpha value is -2.99. The molecule has 1 N–H and O–H groups in total. The fourth-order valence-corrected chi connectivity index (χ4v) is 2.72. The van der Waals surface area contributed by atoms with Crippen LogP contribution in [0.15, 0.2) is 54.1 Å². The van der Waals surface area contributed by atoms with E-state index in [2.05, 4.69) is 11.4 Å². The van der Waals surface area contributed by atoms with Gasteiger partial charge in [0.15, 0.2) is 5.11 Å². The summed E-state index contributed by atoms with van der Waals surface area (Å²) < 4.78 is 5.77. The van der Waals surface area contributed by atoms with Crippen molar-refractivity contribution < 1.29 is 14.3 Å². The summed E-state index contributed by atoms with van der Waals surface area (Å²) in [6.45, 7) is 2.52. The molecule has 1 aliphatic rings. The Kier molecular flexibility index (Phi) is 5.14. The highest BCUT2D eigenvalue weighted by molar-refractivity contribution is 7.80. The molecule has 2 amide bonds. The number of rotatable bonds is 4. The Balaban J connectivity index is 1.70. The van der Waals surface area contributed by atoms with Gasteiger partial charge in [0.2, 0.25) is 0 Å². The van der Waals surface area contributed by atoms with Crippen LogP contribution in [-0.4, -0.2) is 28.9 Å². The summed E-state index contributed by atoms with van der Waals surface area (Å²) in [5.41, 5.74) is 3.06. The number of carbonyl (C=O) groups is 2. The minimum absolute atomic E-state index is 0.0505. The second kappa shape index (κ2) is 7.49. The van der Waals surface area contributed by atoms with Gasteiger partial charge in [0.05, 0.1) is 0 Å². The number of carbonyl (C=O) groups excluding carboxylic acids is 2. The molecule has 1 aliphatic heterocycles. The zero-order valence-corrected chi connectivity index (χ0v) is 15.3. The first-order valence-corrected chi connectivity index (χ1v) is 8.48. The van der Waals surface area contributed by atoms with Gasteiger partial charge in [0.1, 0.15) is 17.9 Å². The number of aryl methyl sites for hydroxylation is 1. The highest BCUT2D eigenvalue weighted by Crippen LogP contribution is 2.18. The van der Waals surface area contributed by atoms with E-state index in [-0.39, 0.29) is 10.7 Å². The molecule has 132 valence electrons. The summed E-state index contributed by atoms with van der Waals surface area (Å²) in [6, 6.07) is 15.3. The van der Waals surface area contributed by atoms with Gasteiger partial charge >= 0.3 is 0 Å². The van der Waals surface area contributed by atoms with Crippen molar-refractivity contribution in [3.8, 4) is 5.75 Å². The molecular weight excluding hydrogens is 348 g/mol. The van der Waals surface area contributed by atoms with Gasteiger partial charge in [-0.05, 0) is 48.5 Å². The predicted octanol–water partition coefficient (Wildman–Crippen LogP) is 2.83. The maximum absolute atomic E-state index is 12.2. The molecule has 0 spiro atoms. The van der Waals surface area contributed by atoms with Crippen LogP contribution in [0.1, 0.15) is 16.7 Å². The van der Waals surface area contributed by atoms with E-state index >= 15 is 0 Å². The number of ether oxygens (including phenoxy) is 1. The zero-order chi connectivity index (χ0) is 18.7. The van der Waals surface area contributed by atoms with Crippen molar-refractivity contribution in [3.05, 3.63) is 70.8 Å². The van der Waals surface area contributed by atoms with Gasteiger partial charge in [-0.3, -0.25) is 19.8 Å². The van der Waals surface area contributed by atoms with Crippen molar-refractivity contribution >= 4 is 35.2 Å². The number of likely N-dealkylation sites (N-methyl/N-ethyl adjacent to an activating group) is 1. The van der Waals surface area contributed by atoms with Crippen LogP contribution in [0.4, 0.5) is 0 Å². The lowest BCUT2D eigenvalue weighted by atomic mass is 10.1. The average Bonchev–Trinajstić information content (AvgIpc) is 2.63. The summed E-state index contributed by atoms with van der Waals surface area (Å²) in [7, 11) is 1.53. The predicted molar refractivity (Wildman–Crippen MR) is 103 cm³/mol. The van der Waals surface area contributed by atoms with Crippen molar-refractivity contribution in [2.45, 2.75) is 13.5 Å². The fraction of sp³-hybridized carbons (Fsp3) is 0.150. The summed E-state index contributed by atoms with van der Waals surface area (Å²) in [4.78, 5) is 25.4. The fourth-order valence-electron chi connectivity index (χ4n) is 2.54. The van der Waals surface area contributed by atoms with E-state index in [0.717, 1.165) is 11.1 Å². The molecule has 0 bridgehead atoms. The van der Waals surface area contributed by atoms with Crippen molar-refractivity contribution in [1.82, 2.24) is 10.2 Å². The molecule has 0 atom stereocenters. The van der Waals surface area contributed by atoms with E-state index in [1.165, 1.54) is 17.5 Å². The second-order valence-corrected chi connectivity index (χ2v) is 6.41. The topological polar surface area (TPSA) is 58.6 Å². The largest absolute Gasteiger partial charge is 0.489 e. The number of benzene rings is 2. The molecule has 3 rings (SSSR count). The molecule has 0 aromatic heterocycles. The van der Waals surface area contributed by atoms with E-state index in [4.69, 9.17) is 17.0 Å². The number of hydrogen-bond acceptors (Lipinski definition) is 4. The number of nitrogens with zero attached hydrogens (tertiary/aromatic N) is 1. The van der Waals surface area contributed by atoms with Gasteiger partial charge in [-0.25, -0.2) is 0 Å². The standard InChI is InChI=1S/C20H18N2O3S/c1-13-4-3-5-15(10-13)12-25-16-8-6-14(7-9-16)11-17-18(23)21-20(26)22(2)19(17)24/h3-11H,12H2,1-2H3,(H,21,23,26)/b17-11+. The smallest absolute Gasteiger partial charge is 0.265 e. The number of hydrogen-bond donors (Lipinski definition) is 1. The van der Waals surface area contributed by atoms with Crippen LogP contribution >= 0.6 is 12.2 Å². The number of thiocarbonyl (C=S) groups is 1. The highest BCUT2D eigenvalue weighted by atomic mass is 32.1. The van der Waals surface area contributed by atoms with Crippen LogP contribution in [-0.2, 0) is 16.2 Å². The lowest BCUT2D eigenvalue weighted by Gasteiger charge is -2.25. The van der Waals surface area contributed by atoms with Gasteiger partial charge in [-0.1, -0.05) is 42.0 Å². The van der Waals surface area contributed by atoms with Gasteiger partial charge < -0.3 is 4.74 Å². The summed E-state index contributed by atoms with van der Waals surface area (Å²) in [5, 5.41) is 2.60. The number of nitrogens with one attached hydrogen (secondary N) is 1. The molecule has 5 nitrogen and oxygen atoms in total. The van der Waals surface area contributed by atoms with E-state index in [1.54, 1.807) is 18.2 Å². The molecular formula is C20H18N2O3S. The molecule has 6 heteroatoms. The molecule has 2 aromatic rings. The van der Waals surface area contributed by atoms with Crippen LogP contribution in [0.5, 0.6) is 5.75 Å². The summed E-state index contributed by atoms with van der Waals surface area (Å²) >= 11 is 4.92. The Morgan fingerprint density at radius 1 is 1.15 bits per heavy atom. The third-order valence-corrected chi connectivity index (χ3v) is 4.36. The van der Waals surface area contributed by atoms with E-state index in [0.29, 0.717) is 12.4 Å². The van der Waals surface area contributed by atoms with E-state index < -0.39 is 11.8 Å². The molecule has 0 saturated carbocycles. The monoisotopic (exact) mass is 366 g/mol. The third kappa shape index (κ3) is 3.97. The summed E-state index contributed by atoms with van der Waals surface area (Å²) in [6.07, 6.45) is 1.54. The molecule has 0 unspecified atom stereocenters. The first kappa shape index (κ1) is 17.8. The molecule has 0 aliphatic carbocycles. The maximum atomic E-state index is 12.2. The number of amides is 2. The molecule has 1 heterocycles. The first-order chi connectivity index (χ1) is 12.4. The Morgan fingerprint density at radius 2 is 1.88 bits per heavy atom.